The van der Waals surface area contributed by atoms with Gasteiger partial charge in [0.1, 0.15) is 35.1 Å². The fourth-order valence-electron chi connectivity index (χ4n) is 7.27. The first-order valence-electron chi connectivity index (χ1n) is 14.8. The standard InChI is InChI=1S/C29H35N3O14P2/c1-32-7-6-28-19-11-2-3-14(33)20(19)45-21(28)15(44-17(34)9-12(24(38)39)30-22(36)26(42)47)4-5-29(28,16(32)8-11)46-18(35)10-13(25(40)41)31-23(37)27(43)48/h2-4,12-13,16,21,26-27,33,42-43H,5-10,47-48H2,1H3,(H,30,36)(H,31,37)(H,38,39)(H,40,41)/t12-,13-,16+,21?,26-,27+,28?,29+/m0/s1. The van der Waals surface area contributed by atoms with Gasteiger partial charge in [-0.05, 0) is 44.1 Å². The summed E-state index contributed by atoms with van der Waals surface area (Å²) in [7, 11) is 5.42. The number of carbonyl (C=O) groups excluding carboxylic acids is 4. The number of benzene rings is 1. The third kappa shape index (κ3) is 5.98. The average molecular weight is 712 g/mol. The molecule has 19 heteroatoms. The van der Waals surface area contributed by atoms with Crippen molar-refractivity contribution in [2.24, 2.45) is 0 Å². The number of aromatic hydroxyl groups is 1. The number of aliphatic hydroxyl groups is 2. The van der Waals surface area contributed by atoms with Gasteiger partial charge in [0.15, 0.2) is 17.6 Å². The number of likely N-dealkylation sites (N-methyl/N-ethyl adjacent to an activating group) is 1. The van der Waals surface area contributed by atoms with Gasteiger partial charge in [0.2, 0.25) is 0 Å². The maximum Gasteiger partial charge on any atom is 0.326 e. The predicted molar refractivity (Wildman–Crippen MR) is 166 cm³/mol. The van der Waals surface area contributed by atoms with Crippen LogP contribution in [0.25, 0.3) is 0 Å². The molecule has 17 nitrogen and oxygen atoms in total. The Hall–Kier alpha value is -3.88. The molecule has 2 aliphatic heterocycles. The van der Waals surface area contributed by atoms with Crippen LogP contribution in [0.3, 0.4) is 0 Å². The summed E-state index contributed by atoms with van der Waals surface area (Å²) >= 11 is 0. The highest BCUT2D eigenvalue weighted by atomic mass is 31.0. The van der Waals surface area contributed by atoms with E-state index in [-0.39, 0.29) is 30.1 Å². The first-order valence-corrected chi connectivity index (χ1v) is 16.1. The number of ether oxygens (including phenoxy) is 3. The van der Waals surface area contributed by atoms with E-state index in [1.165, 1.54) is 12.1 Å². The van der Waals surface area contributed by atoms with Gasteiger partial charge in [-0.15, -0.1) is 0 Å². The molecule has 4 aliphatic rings. The van der Waals surface area contributed by atoms with Crippen LogP contribution in [0.4, 0.5) is 0 Å². The Morgan fingerprint density at radius 3 is 2.15 bits per heavy atom. The minimum absolute atomic E-state index is 0.0508. The third-order valence-corrected chi connectivity index (χ3v) is 9.96. The maximum absolute atomic E-state index is 13.6. The molecule has 1 aromatic carbocycles. The third-order valence-electron chi connectivity index (χ3n) is 9.35. The number of nitrogens with zero attached hydrogens (tertiary/aromatic N) is 1. The molecule has 2 aliphatic carbocycles. The number of aliphatic hydroxyl groups excluding tert-OH is 2. The molecule has 1 spiro atoms. The molecule has 0 radical (unpaired) electrons. The molecule has 2 bridgehead atoms. The van der Waals surface area contributed by atoms with Crippen molar-refractivity contribution in [3.05, 3.63) is 35.1 Å². The van der Waals surface area contributed by atoms with E-state index in [0.717, 1.165) is 5.56 Å². The lowest BCUT2D eigenvalue weighted by atomic mass is 9.50. The number of amides is 2. The van der Waals surface area contributed by atoms with Crippen LogP contribution >= 0.6 is 18.5 Å². The topological polar surface area (TPSA) is 259 Å². The second kappa shape index (κ2) is 13.2. The normalized spacial score (nSPS) is 27.5. The number of hydrogen-bond acceptors (Lipinski definition) is 13. The molecule has 1 fully saturated rings. The number of phenols is 1. The van der Waals surface area contributed by atoms with Crippen LogP contribution in [-0.2, 0) is 50.1 Å². The molecule has 260 valence electrons. The van der Waals surface area contributed by atoms with Crippen LogP contribution < -0.4 is 15.4 Å². The highest BCUT2D eigenvalue weighted by Gasteiger charge is 2.74. The number of hydrogen-bond donors (Lipinski definition) is 7. The number of likely N-dealkylation sites (tertiary alicyclic amines) is 1. The fourth-order valence-corrected chi connectivity index (χ4v) is 7.46. The minimum Gasteiger partial charge on any atom is -0.504 e. The summed E-state index contributed by atoms with van der Waals surface area (Å²) in [6, 6.07) is -0.808. The number of nitrogens with one attached hydrogen (secondary N) is 2. The molecule has 10 atom stereocenters. The lowest BCUT2D eigenvalue weighted by Crippen LogP contribution is -2.75. The van der Waals surface area contributed by atoms with Crippen LogP contribution in [0.2, 0.25) is 0 Å². The molecular formula is C29H35N3O14P2. The first-order chi connectivity index (χ1) is 22.5. The number of carboxylic acid groups (broad SMARTS) is 2. The smallest absolute Gasteiger partial charge is 0.326 e. The molecule has 5 rings (SSSR count). The lowest BCUT2D eigenvalue weighted by molar-refractivity contribution is -0.207. The highest BCUT2D eigenvalue weighted by Crippen LogP contribution is 2.66. The summed E-state index contributed by atoms with van der Waals surface area (Å²) in [4.78, 5) is 76.3. The second-order valence-corrected chi connectivity index (χ2v) is 13.4. The molecular weight excluding hydrogens is 676 g/mol. The summed E-state index contributed by atoms with van der Waals surface area (Å²) < 4.78 is 18.3. The average Bonchev–Trinajstić information content (AvgIpc) is 3.36. The van der Waals surface area contributed by atoms with E-state index in [1.54, 1.807) is 24.5 Å². The number of carboxylic acids is 2. The van der Waals surface area contributed by atoms with E-state index in [0.29, 0.717) is 18.5 Å². The summed E-state index contributed by atoms with van der Waals surface area (Å²) in [6.07, 6.45) is -0.806. The zero-order chi connectivity index (χ0) is 35.3. The van der Waals surface area contributed by atoms with E-state index in [1.807, 2.05) is 17.3 Å². The second-order valence-electron chi connectivity index (χ2n) is 12.1. The maximum atomic E-state index is 13.6. The number of esters is 2. The predicted octanol–water partition coefficient (Wildman–Crippen LogP) is -1.93. The van der Waals surface area contributed by atoms with Gasteiger partial charge in [0.25, 0.3) is 11.8 Å². The molecule has 7 N–H and O–H groups in total. The van der Waals surface area contributed by atoms with Crippen LogP contribution in [0, 0.1) is 0 Å². The molecule has 0 saturated carbocycles. The first kappa shape index (κ1) is 35.4. The van der Waals surface area contributed by atoms with Crippen molar-refractivity contribution in [1.82, 2.24) is 15.5 Å². The van der Waals surface area contributed by atoms with E-state index < -0.39 is 95.5 Å². The van der Waals surface area contributed by atoms with Gasteiger partial charge in [-0.1, -0.05) is 24.5 Å². The number of phenolic OH excluding ortho intramolecular Hbond substituents is 1. The quantitative estimate of drug-likeness (QED) is 0.0920. The summed E-state index contributed by atoms with van der Waals surface area (Å²) in [5, 5.41) is 53.2. The summed E-state index contributed by atoms with van der Waals surface area (Å²) in [5.74, 6) is -10.6. The number of rotatable bonds is 12. The van der Waals surface area contributed by atoms with Crippen molar-refractivity contribution >= 4 is 54.2 Å². The molecule has 2 heterocycles. The van der Waals surface area contributed by atoms with Gasteiger partial charge in [0, 0.05) is 12.0 Å². The largest absolute Gasteiger partial charge is 0.504 e. The van der Waals surface area contributed by atoms with Gasteiger partial charge in [-0.3, -0.25) is 24.1 Å². The van der Waals surface area contributed by atoms with Gasteiger partial charge in [-0.2, -0.15) is 0 Å². The van der Waals surface area contributed by atoms with Gasteiger partial charge >= 0.3 is 23.9 Å². The Balaban J connectivity index is 1.51. The van der Waals surface area contributed by atoms with Gasteiger partial charge in [0.05, 0.1) is 24.3 Å². The van der Waals surface area contributed by atoms with Crippen molar-refractivity contribution in [3.8, 4) is 11.5 Å². The molecule has 2 amide bonds. The van der Waals surface area contributed by atoms with Gasteiger partial charge in [-0.25, -0.2) is 9.59 Å². The zero-order valence-electron chi connectivity index (χ0n) is 25.5. The van der Waals surface area contributed by atoms with Crippen LogP contribution in [0.15, 0.2) is 24.0 Å². The SMILES string of the molecule is CN1CCC23c4c5ccc(O)c4OC2C(OC(=O)C[C@H](NC(=O)[C@@H](O)P)C(=O)O)=CC[C@@]3(OC(=O)C[C@H](NC(=O)[C@H](O)P)C(=O)O)[C@H]1C5. The fraction of sp³-hybridized carbons (Fsp3) is 0.517. The number of aliphatic carboxylic acids is 2. The van der Waals surface area contributed by atoms with E-state index in [4.69, 9.17) is 14.2 Å². The van der Waals surface area contributed by atoms with Crippen molar-refractivity contribution in [2.75, 3.05) is 13.6 Å². The van der Waals surface area contributed by atoms with E-state index >= 15 is 0 Å². The lowest BCUT2D eigenvalue weighted by Gasteiger charge is -2.62. The molecule has 1 aromatic rings. The minimum atomic E-state index is -1.74. The van der Waals surface area contributed by atoms with Crippen molar-refractivity contribution in [1.29, 1.82) is 0 Å². The Bertz CT molecular complexity index is 1600. The number of carbonyl (C=O) groups is 6. The number of piperidine rings is 1. The monoisotopic (exact) mass is 711 g/mol. The Morgan fingerprint density at radius 1 is 1.00 bits per heavy atom. The van der Waals surface area contributed by atoms with E-state index in [9.17, 15) is 54.3 Å². The highest BCUT2D eigenvalue weighted by molar-refractivity contribution is 7.19. The molecule has 1 saturated heterocycles. The van der Waals surface area contributed by atoms with E-state index in [2.05, 4.69) is 5.32 Å². The van der Waals surface area contributed by atoms with Crippen molar-refractivity contribution in [2.45, 2.75) is 79.0 Å². The van der Waals surface area contributed by atoms with Crippen LogP contribution in [0.5, 0.6) is 11.5 Å². The Labute approximate surface area is 277 Å². The van der Waals surface area contributed by atoms with Gasteiger partial charge < -0.3 is 50.4 Å². The summed E-state index contributed by atoms with van der Waals surface area (Å²) in [5.41, 5.74) is -1.42. The van der Waals surface area contributed by atoms with Crippen molar-refractivity contribution in [3.63, 3.8) is 0 Å². The summed E-state index contributed by atoms with van der Waals surface area (Å²) in [6.45, 7) is 0.448. The van der Waals surface area contributed by atoms with Crippen LogP contribution in [0.1, 0.15) is 36.8 Å². The Kier molecular flexibility index (Phi) is 9.74. The Morgan fingerprint density at radius 2 is 1.58 bits per heavy atom. The zero-order valence-corrected chi connectivity index (χ0v) is 27.8. The van der Waals surface area contributed by atoms with Crippen molar-refractivity contribution < 1.29 is 68.5 Å². The molecule has 4 unspecified atom stereocenters. The molecule has 48 heavy (non-hydrogen) atoms. The van der Waals surface area contributed by atoms with Crippen LogP contribution in [-0.4, -0.2) is 121 Å². The molecule has 0 aromatic heterocycles.